The quantitative estimate of drug-likeness (QED) is 0.640. The van der Waals surface area contributed by atoms with Crippen LogP contribution in [0.5, 0.6) is 0 Å². The van der Waals surface area contributed by atoms with Gasteiger partial charge >= 0.3 is 0 Å². The van der Waals surface area contributed by atoms with Crippen LogP contribution < -0.4 is 4.90 Å². The Balaban J connectivity index is 1.36. The largest absolute Gasteiger partial charge is 0.368 e. The lowest BCUT2D eigenvalue weighted by Gasteiger charge is -2.40. The number of piperidine rings is 1. The summed E-state index contributed by atoms with van der Waals surface area (Å²) in [5.74, 6) is -0.257. The smallest absolute Gasteiger partial charge is 0.227 e. The van der Waals surface area contributed by atoms with Crippen LogP contribution >= 0.6 is 11.6 Å². The van der Waals surface area contributed by atoms with Gasteiger partial charge in [-0.25, -0.2) is 12.7 Å². The molecular formula is C25H32ClN3O3S. The number of nitrogens with zero attached hydrogens (tertiary/aromatic N) is 3. The summed E-state index contributed by atoms with van der Waals surface area (Å²) in [6, 6.07) is 13.2. The van der Waals surface area contributed by atoms with Gasteiger partial charge in [-0.3, -0.25) is 4.79 Å². The van der Waals surface area contributed by atoms with Crippen LogP contribution in [0.2, 0.25) is 5.02 Å². The van der Waals surface area contributed by atoms with E-state index in [1.165, 1.54) is 21.1 Å². The minimum Gasteiger partial charge on any atom is -0.368 e. The fourth-order valence-electron chi connectivity index (χ4n) is 4.78. The standard InChI is InChI=1S/C25H32ClN3O3S/c1-19-5-3-7-24(20(19)2)27-13-15-28(16-14-27)25(30)22-6-4-12-29(17-22)33(31,32)18-21-8-10-23(26)11-9-21/h3,5,7-11,22H,4,6,12-18H2,1-2H3. The van der Waals surface area contributed by atoms with E-state index in [1.807, 2.05) is 4.90 Å². The summed E-state index contributed by atoms with van der Waals surface area (Å²) in [5, 5.41) is 0.581. The Hall–Kier alpha value is -2.09. The van der Waals surface area contributed by atoms with E-state index in [2.05, 4.69) is 36.9 Å². The maximum absolute atomic E-state index is 13.3. The summed E-state index contributed by atoms with van der Waals surface area (Å²) in [6.07, 6.45) is 1.45. The molecule has 0 aliphatic carbocycles. The molecule has 2 aliphatic rings. The summed E-state index contributed by atoms with van der Waals surface area (Å²) < 4.78 is 27.5. The second kappa shape index (κ2) is 10.0. The van der Waals surface area contributed by atoms with Gasteiger partial charge in [0.25, 0.3) is 0 Å². The van der Waals surface area contributed by atoms with Crippen molar-refractivity contribution in [2.75, 3.05) is 44.2 Å². The molecule has 0 aromatic heterocycles. The van der Waals surface area contributed by atoms with E-state index in [0.717, 1.165) is 19.5 Å². The molecule has 2 saturated heterocycles. The van der Waals surface area contributed by atoms with Crippen molar-refractivity contribution in [1.29, 1.82) is 0 Å². The molecule has 0 N–H and O–H groups in total. The molecule has 1 amide bonds. The highest BCUT2D eigenvalue weighted by Gasteiger charge is 2.35. The topological polar surface area (TPSA) is 60.9 Å². The van der Waals surface area contributed by atoms with Crippen LogP contribution in [-0.4, -0.2) is 62.8 Å². The van der Waals surface area contributed by atoms with Crippen molar-refractivity contribution < 1.29 is 13.2 Å². The molecule has 2 heterocycles. The average molecular weight is 490 g/mol. The highest BCUT2D eigenvalue weighted by molar-refractivity contribution is 7.88. The number of hydrogen-bond acceptors (Lipinski definition) is 4. The lowest BCUT2D eigenvalue weighted by atomic mass is 9.97. The number of aryl methyl sites for hydroxylation is 1. The Bertz CT molecular complexity index is 1100. The van der Waals surface area contributed by atoms with Crippen molar-refractivity contribution >= 4 is 33.2 Å². The van der Waals surface area contributed by atoms with Crippen LogP contribution in [0.3, 0.4) is 0 Å². The van der Waals surface area contributed by atoms with Crippen molar-refractivity contribution in [3.05, 3.63) is 64.2 Å². The van der Waals surface area contributed by atoms with Gasteiger partial charge in [-0.15, -0.1) is 0 Å². The van der Waals surface area contributed by atoms with E-state index in [1.54, 1.807) is 24.3 Å². The maximum Gasteiger partial charge on any atom is 0.227 e. The molecule has 2 aromatic carbocycles. The number of carbonyl (C=O) groups excluding carboxylic acids is 1. The van der Waals surface area contributed by atoms with E-state index in [0.29, 0.717) is 36.6 Å². The third-order valence-corrected chi connectivity index (χ3v) is 8.97. The summed E-state index contributed by atoms with van der Waals surface area (Å²) in [5.41, 5.74) is 4.49. The van der Waals surface area contributed by atoms with Crippen LogP contribution in [0.1, 0.15) is 29.5 Å². The minimum absolute atomic E-state index is 0.0698. The Labute approximate surface area is 202 Å². The zero-order chi connectivity index (χ0) is 23.6. The van der Waals surface area contributed by atoms with Crippen molar-refractivity contribution in [2.45, 2.75) is 32.4 Å². The first-order valence-electron chi connectivity index (χ1n) is 11.6. The fourth-order valence-corrected chi connectivity index (χ4v) is 6.52. The van der Waals surface area contributed by atoms with E-state index in [4.69, 9.17) is 11.6 Å². The van der Waals surface area contributed by atoms with Crippen LogP contribution in [0.15, 0.2) is 42.5 Å². The van der Waals surface area contributed by atoms with Gasteiger partial charge in [-0.2, -0.15) is 0 Å². The molecular weight excluding hydrogens is 458 g/mol. The lowest BCUT2D eigenvalue weighted by Crippen LogP contribution is -2.53. The van der Waals surface area contributed by atoms with Gasteiger partial charge < -0.3 is 9.80 Å². The zero-order valence-electron chi connectivity index (χ0n) is 19.3. The second-order valence-electron chi connectivity index (χ2n) is 9.11. The van der Waals surface area contributed by atoms with Gasteiger partial charge in [0.05, 0.1) is 11.7 Å². The Morgan fingerprint density at radius 3 is 2.39 bits per heavy atom. The number of benzene rings is 2. The first-order valence-corrected chi connectivity index (χ1v) is 13.6. The molecule has 33 heavy (non-hydrogen) atoms. The number of carbonyl (C=O) groups is 1. The monoisotopic (exact) mass is 489 g/mol. The van der Waals surface area contributed by atoms with Crippen molar-refractivity contribution in [3.63, 3.8) is 0 Å². The van der Waals surface area contributed by atoms with Crippen LogP contribution in [0, 0.1) is 19.8 Å². The molecule has 1 atom stereocenters. The Morgan fingerprint density at radius 2 is 1.70 bits per heavy atom. The lowest BCUT2D eigenvalue weighted by molar-refractivity contribution is -0.137. The zero-order valence-corrected chi connectivity index (χ0v) is 20.9. The molecule has 0 bridgehead atoms. The Kier molecular flexibility index (Phi) is 7.31. The first-order chi connectivity index (χ1) is 15.7. The number of rotatable bonds is 5. The molecule has 0 radical (unpaired) electrons. The van der Waals surface area contributed by atoms with Crippen molar-refractivity contribution in [2.24, 2.45) is 5.92 Å². The van der Waals surface area contributed by atoms with Gasteiger partial charge in [-0.1, -0.05) is 35.9 Å². The second-order valence-corrected chi connectivity index (χ2v) is 11.5. The van der Waals surface area contributed by atoms with Gasteiger partial charge in [0.2, 0.25) is 15.9 Å². The third kappa shape index (κ3) is 5.53. The van der Waals surface area contributed by atoms with Crippen molar-refractivity contribution in [1.82, 2.24) is 9.21 Å². The summed E-state index contributed by atoms with van der Waals surface area (Å²) in [4.78, 5) is 17.5. The normalized spacial score (nSPS) is 20.2. The molecule has 6 nitrogen and oxygen atoms in total. The predicted octanol–water partition coefficient (Wildman–Crippen LogP) is 3.85. The van der Waals surface area contributed by atoms with Gasteiger partial charge in [0, 0.05) is 50.0 Å². The SMILES string of the molecule is Cc1cccc(N2CCN(C(=O)C3CCCN(S(=O)(=O)Cc4ccc(Cl)cc4)C3)CC2)c1C. The van der Waals surface area contributed by atoms with E-state index >= 15 is 0 Å². The fraction of sp³-hybridized carbons (Fsp3) is 0.480. The van der Waals surface area contributed by atoms with Gasteiger partial charge in [0.1, 0.15) is 0 Å². The third-order valence-electron chi connectivity index (χ3n) is 6.90. The van der Waals surface area contributed by atoms with Crippen LogP contribution in [0.25, 0.3) is 0 Å². The molecule has 2 fully saturated rings. The van der Waals surface area contributed by atoms with E-state index in [9.17, 15) is 13.2 Å². The Morgan fingerprint density at radius 1 is 1.00 bits per heavy atom. The number of amides is 1. The van der Waals surface area contributed by atoms with E-state index < -0.39 is 10.0 Å². The molecule has 0 spiro atoms. The highest BCUT2D eigenvalue weighted by Crippen LogP contribution is 2.26. The molecule has 178 valence electrons. The number of sulfonamides is 1. The summed E-state index contributed by atoms with van der Waals surface area (Å²) >= 11 is 5.91. The molecule has 0 saturated carbocycles. The molecule has 1 unspecified atom stereocenters. The molecule has 2 aliphatic heterocycles. The first kappa shape index (κ1) is 24.0. The van der Waals surface area contributed by atoms with E-state index in [-0.39, 0.29) is 24.1 Å². The maximum atomic E-state index is 13.3. The number of hydrogen-bond donors (Lipinski definition) is 0. The van der Waals surface area contributed by atoms with Gasteiger partial charge in [-0.05, 0) is 61.6 Å². The average Bonchev–Trinajstić information content (AvgIpc) is 2.82. The number of halogens is 1. The summed E-state index contributed by atoms with van der Waals surface area (Å²) in [6.45, 7) is 7.92. The minimum atomic E-state index is -3.49. The summed E-state index contributed by atoms with van der Waals surface area (Å²) in [7, 11) is -3.49. The van der Waals surface area contributed by atoms with Crippen LogP contribution in [0.4, 0.5) is 5.69 Å². The van der Waals surface area contributed by atoms with Crippen LogP contribution in [-0.2, 0) is 20.6 Å². The molecule has 8 heteroatoms. The predicted molar refractivity (Wildman–Crippen MR) is 133 cm³/mol. The highest BCUT2D eigenvalue weighted by atomic mass is 35.5. The van der Waals surface area contributed by atoms with Crippen molar-refractivity contribution in [3.8, 4) is 0 Å². The number of piperazine rings is 1. The molecule has 4 rings (SSSR count). The number of anilines is 1. The molecule has 2 aromatic rings. The van der Waals surface area contributed by atoms with Gasteiger partial charge in [0.15, 0.2) is 0 Å².